The number of guanidine groups is 1. The van der Waals surface area contributed by atoms with Crippen LogP contribution >= 0.6 is 0 Å². The van der Waals surface area contributed by atoms with Gasteiger partial charge in [0, 0.05) is 51.5 Å². The molecule has 3 N–H and O–H groups in total. The zero-order chi connectivity index (χ0) is 22.2. The molecular weight excluding hydrogens is 400 g/mol. The highest BCUT2D eigenvalue weighted by Crippen LogP contribution is 2.19. The van der Waals surface area contributed by atoms with Crippen LogP contribution in [-0.2, 0) is 13.0 Å². The number of aliphatic hydroxyl groups is 1. The molecule has 2 aliphatic heterocycles. The van der Waals surface area contributed by atoms with E-state index < -0.39 is 6.10 Å². The predicted molar refractivity (Wildman–Crippen MR) is 130 cm³/mol. The number of pyridine rings is 1. The van der Waals surface area contributed by atoms with E-state index in [1.54, 1.807) is 0 Å². The Hall–Kier alpha value is -2.64. The van der Waals surface area contributed by atoms with Crippen molar-refractivity contribution in [2.24, 2.45) is 4.99 Å². The standard InChI is InChI=1S/C25H36N6O/c1-2-26-25(29-22-11-15-31(16-12-22)24-9-5-6-13-27-24)28-17-23(32)19-30-14-10-20-7-3-4-8-21(20)18-30/h3-9,13,22-23,32H,2,10-12,14-19H2,1H3,(H2,26,28,29). The number of hydrogen-bond acceptors (Lipinski definition) is 5. The Kier molecular flexibility index (Phi) is 7.96. The fourth-order valence-corrected chi connectivity index (χ4v) is 4.57. The maximum atomic E-state index is 10.6. The molecule has 2 aliphatic rings. The first-order valence-electron chi connectivity index (χ1n) is 11.9. The van der Waals surface area contributed by atoms with Crippen LogP contribution < -0.4 is 15.5 Å². The van der Waals surface area contributed by atoms with Gasteiger partial charge in [-0.1, -0.05) is 30.3 Å². The van der Waals surface area contributed by atoms with E-state index in [1.165, 1.54) is 11.1 Å². The summed E-state index contributed by atoms with van der Waals surface area (Å²) in [7, 11) is 0. The van der Waals surface area contributed by atoms with E-state index in [1.807, 2.05) is 18.3 Å². The second-order valence-electron chi connectivity index (χ2n) is 8.72. The van der Waals surface area contributed by atoms with Crippen molar-refractivity contribution in [2.75, 3.05) is 44.2 Å². The molecule has 0 saturated carbocycles. The molecule has 7 heteroatoms. The maximum absolute atomic E-state index is 10.6. The van der Waals surface area contributed by atoms with E-state index in [0.717, 1.165) is 63.8 Å². The van der Waals surface area contributed by atoms with Gasteiger partial charge in [-0.3, -0.25) is 9.89 Å². The summed E-state index contributed by atoms with van der Waals surface area (Å²) in [6.45, 7) is 7.79. The summed E-state index contributed by atoms with van der Waals surface area (Å²) in [4.78, 5) is 13.8. The van der Waals surface area contributed by atoms with E-state index >= 15 is 0 Å². The van der Waals surface area contributed by atoms with Crippen LogP contribution in [0.5, 0.6) is 0 Å². The molecule has 2 aromatic rings. The minimum absolute atomic E-state index is 0.378. The van der Waals surface area contributed by atoms with Crippen LogP contribution in [0.25, 0.3) is 0 Å². The Morgan fingerprint density at radius 3 is 2.66 bits per heavy atom. The third kappa shape index (κ3) is 6.20. The lowest BCUT2D eigenvalue weighted by Gasteiger charge is -2.34. The van der Waals surface area contributed by atoms with Gasteiger partial charge >= 0.3 is 0 Å². The van der Waals surface area contributed by atoms with Gasteiger partial charge in [0.05, 0.1) is 12.6 Å². The van der Waals surface area contributed by atoms with Crippen LogP contribution in [0.4, 0.5) is 5.82 Å². The number of aliphatic hydroxyl groups excluding tert-OH is 1. The Balaban J connectivity index is 1.24. The molecule has 1 unspecified atom stereocenters. The van der Waals surface area contributed by atoms with Crippen LogP contribution in [0.1, 0.15) is 30.9 Å². The molecule has 1 saturated heterocycles. The third-order valence-electron chi connectivity index (χ3n) is 6.29. The minimum Gasteiger partial charge on any atom is -0.390 e. The van der Waals surface area contributed by atoms with E-state index in [9.17, 15) is 5.11 Å². The molecule has 1 atom stereocenters. The third-order valence-corrected chi connectivity index (χ3v) is 6.29. The minimum atomic E-state index is -0.471. The number of anilines is 1. The number of hydrogen-bond donors (Lipinski definition) is 3. The molecule has 172 valence electrons. The van der Waals surface area contributed by atoms with Gasteiger partial charge in [0.15, 0.2) is 5.96 Å². The zero-order valence-corrected chi connectivity index (χ0v) is 19.1. The Morgan fingerprint density at radius 2 is 1.91 bits per heavy atom. The molecule has 0 radical (unpaired) electrons. The zero-order valence-electron chi connectivity index (χ0n) is 19.1. The van der Waals surface area contributed by atoms with Crippen molar-refractivity contribution in [1.82, 2.24) is 20.5 Å². The summed E-state index contributed by atoms with van der Waals surface area (Å²) in [5, 5.41) is 17.5. The van der Waals surface area contributed by atoms with E-state index in [2.05, 4.69) is 67.7 Å². The molecule has 1 aromatic heterocycles. The fraction of sp³-hybridized carbons (Fsp3) is 0.520. The van der Waals surface area contributed by atoms with E-state index in [0.29, 0.717) is 19.1 Å². The Bertz CT molecular complexity index is 866. The molecule has 0 amide bonds. The highest BCUT2D eigenvalue weighted by molar-refractivity contribution is 5.80. The summed E-state index contributed by atoms with van der Waals surface area (Å²) in [5.74, 6) is 1.85. The highest BCUT2D eigenvalue weighted by atomic mass is 16.3. The average molecular weight is 437 g/mol. The quantitative estimate of drug-likeness (QED) is 0.456. The van der Waals surface area contributed by atoms with Crippen molar-refractivity contribution in [3.05, 3.63) is 59.8 Å². The van der Waals surface area contributed by atoms with Gasteiger partial charge in [0.1, 0.15) is 5.82 Å². The number of nitrogens with one attached hydrogen (secondary N) is 2. The largest absolute Gasteiger partial charge is 0.390 e. The van der Waals surface area contributed by atoms with Crippen LogP contribution in [0.15, 0.2) is 53.7 Å². The van der Waals surface area contributed by atoms with Crippen LogP contribution in [0, 0.1) is 0 Å². The highest BCUT2D eigenvalue weighted by Gasteiger charge is 2.21. The first-order chi connectivity index (χ1) is 15.7. The Morgan fingerprint density at radius 1 is 1.12 bits per heavy atom. The van der Waals surface area contributed by atoms with Crippen LogP contribution in [0.3, 0.4) is 0 Å². The Labute approximate surface area is 191 Å². The predicted octanol–water partition coefficient (Wildman–Crippen LogP) is 2.02. The summed E-state index contributed by atoms with van der Waals surface area (Å²) in [6.07, 6.45) is 4.51. The number of rotatable bonds is 7. The molecular formula is C25H36N6O. The summed E-state index contributed by atoms with van der Waals surface area (Å²) >= 11 is 0. The summed E-state index contributed by atoms with van der Waals surface area (Å²) in [5.41, 5.74) is 2.81. The second-order valence-corrected chi connectivity index (χ2v) is 8.72. The van der Waals surface area contributed by atoms with Gasteiger partial charge in [-0.25, -0.2) is 4.98 Å². The van der Waals surface area contributed by atoms with Crippen molar-refractivity contribution in [3.63, 3.8) is 0 Å². The number of benzene rings is 1. The number of fused-ring (bicyclic) bond motifs is 1. The van der Waals surface area contributed by atoms with Crippen LogP contribution in [0.2, 0.25) is 0 Å². The maximum Gasteiger partial charge on any atom is 0.191 e. The average Bonchev–Trinajstić information content (AvgIpc) is 2.84. The normalized spacial score (nSPS) is 18.8. The molecule has 1 fully saturated rings. The number of piperidine rings is 1. The molecule has 7 nitrogen and oxygen atoms in total. The van der Waals surface area contributed by atoms with Crippen molar-refractivity contribution >= 4 is 11.8 Å². The molecule has 4 rings (SSSR count). The van der Waals surface area contributed by atoms with Crippen molar-refractivity contribution in [3.8, 4) is 0 Å². The first kappa shape index (κ1) is 22.6. The monoisotopic (exact) mass is 436 g/mol. The van der Waals surface area contributed by atoms with E-state index in [-0.39, 0.29) is 0 Å². The SMILES string of the molecule is CCNC(=NCC(O)CN1CCc2ccccc2C1)NC1CCN(c2ccccn2)CC1. The molecule has 1 aromatic carbocycles. The van der Waals surface area contributed by atoms with Crippen molar-refractivity contribution in [2.45, 2.75) is 44.9 Å². The molecule has 32 heavy (non-hydrogen) atoms. The van der Waals surface area contributed by atoms with Crippen molar-refractivity contribution < 1.29 is 5.11 Å². The van der Waals surface area contributed by atoms with Gasteiger partial charge in [-0.05, 0) is 49.4 Å². The lowest BCUT2D eigenvalue weighted by Crippen LogP contribution is -2.49. The molecule has 0 aliphatic carbocycles. The van der Waals surface area contributed by atoms with Gasteiger partial charge < -0.3 is 20.6 Å². The summed E-state index contributed by atoms with van der Waals surface area (Å²) in [6, 6.07) is 15.0. The number of aliphatic imine (C=N–C) groups is 1. The fourth-order valence-electron chi connectivity index (χ4n) is 4.57. The van der Waals surface area contributed by atoms with Gasteiger partial charge in [-0.15, -0.1) is 0 Å². The lowest BCUT2D eigenvalue weighted by molar-refractivity contribution is 0.111. The molecule has 0 spiro atoms. The number of aromatic nitrogens is 1. The van der Waals surface area contributed by atoms with Crippen LogP contribution in [-0.4, -0.2) is 72.4 Å². The van der Waals surface area contributed by atoms with Gasteiger partial charge in [0.25, 0.3) is 0 Å². The number of β-amino-alcohol motifs (C(OH)–C–C–N with tert-alkyl or cyclic N) is 1. The van der Waals surface area contributed by atoms with Gasteiger partial charge in [-0.2, -0.15) is 0 Å². The first-order valence-corrected chi connectivity index (χ1v) is 11.9. The number of nitrogens with zero attached hydrogens (tertiary/aromatic N) is 4. The molecule has 0 bridgehead atoms. The van der Waals surface area contributed by atoms with Crippen molar-refractivity contribution in [1.29, 1.82) is 0 Å². The lowest BCUT2D eigenvalue weighted by atomic mass is 10.00. The smallest absolute Gasteiger partial charge is 0.191 e. The topological polar surface area (TPSA) is 76.0 Å². The second kappa shape index (κ2) is 11.3. The molecule has 3 heterocycles. The van der Waals surface area contributed by atoms with E-state index in [4.69, 9.17) is 0 Å². The summed E-state index contributed by atoms with van der Waals surface area (Å²) < 4.78 is 0. The van der Waals surface area contributed by atoms with Gasteiger partial charge in [0.2, 0.25) is 0 Å².